The van der Waals surface area contributed by atoms with Crippen LogP contribution in [-0.2, 0) is 14.3 Å². The summed E-state index contributed by atoms with van der Waals surface area (Å²) in [6.45, 7) is 1.26. The van der Waals surface area contributed by atoms with Crippen LogP contribution < -0.4 is 11.1 Å². The lowest BCUT2D eigenvalue weighted by Gasteiger charge is -2.10. The second kappa shape index (κ2) is 7.91. The van der Waals surface area contributed by atoms with E-state index in [1.807, 2.05) is 0 Å². The van der Waals surface area contributed by atoms with Gasteiger partial charge >= 0.3 is 11.9 Å². The highest BCUT2D eigenvalue weighted by Crippen LogP contribution is 2.17. The van der Waals surface area contributed by atoms with Crippen molar-refractivity contribution in [1.82, 2.24) is 4.98 Å². The zero-order valence-electron chi connectivity index (χ0n) is 13.7. The molecule has 0 saturated carbocycles. The molecule has 1 aromatic carbocycles. The second-order valence-corrected chi connectivity index (χ2v) is 5.08. The molecule has 2 rings (SSSR count). The number of benzene rings is 1. The standard InChI is InChI=1S/C17H17N3O5/c1-10-5-6-11(16(22)24-2)8-13(10)20-14(21)9-25-17(23)12-4-3-7-19-15(12)18/h3-8H,9H2,1-2H3,(H2,18,19)(H,20,21). The molecule has 8 heteroatoms. The number of hydrogen-bond donors (Lipinski definition) is 2. The molecule has 130 valence electrons. The van der Waals surface area contributed by atoms with Crippen molar-refractivity contribution in [3.8, 4) is 0 Å². The molecule has 0 aliphatic carbocycles. The predicted octanol–water partition coefficient (Wildman–Crippen LogP) is 1.55. The van der Waals surface area contributed by atoms with Crippen molar-refractivity contribution in [3.63, 3.8) is 0 Å². The van der Waals surface area contributed by atoms with Gasteiger partial charge in [-0.15, -0.1) is 0 Å². The highest BCUT2D eigenvalue weighted by Gasteiger charge is 2.15. The van der Waals surface area contributed by atoms with Crippen molar-refractivity contribution in [1.29, 1.82) is 0 Å². The topological polar surface area (TPSA) is 121 Å². The van der Waals surface area contributed by atoms with Crippen molar-refractivity contribution in [2.45, 2.75) is 6.92 Å². The average molecular weight is 343 g/mol. The third-order valence-corrected chi connectivity index (χ3v) is 3.33. The number of esters is 2. The molecule has 1 aromatic heterocycles. The second-order valence-electron chi connectivity index (χ2n) is 5.08. The van der Waals surface area contributed by atoms with E-state index in [0.717, 1.165) is 5.56 Å². The molecule has 0 saturated heterocycles. The van der Waals surface area contributed by atoms with Crippen molar-refractivity contribution in [2.24, 2.45) is 0 Å². The van der Waals surface area contributed by atoms with E-state index in [9.17, 15) is 14.4 Å². The van der Waals surface area contributed by atoms with Gasteiger partial charge in [0, 0.05) is 11.9 Å². The molecule has 8 nitrogen and oxygen atoms in total. The highest BCUT2D eigenvalue weighted by molar-refractivity contribution is 5.98. The Morgan fingerprint density at radius 2 is 1.96 bits per heavy atom. The maximum absolute atomic E-state index is 12.0. The number of nitrogens with two attached hydrogens (primary N) is 1. The van der Waals surface area contributed by atoms with E-state index in [0.29, 0.717) is 11.3 Å². The molecule has 0 radical (unpaired) electrons. The fourth-order valence-corrected chi connectivity index (χ4v) is 1.99. The minimum Gasteiger partial charge on any atom is -0.465 e. The maximum Gasteiger partial charge on any atom is 0.342 e. The molecule has 25 heavy (non-hydrogen) atoms. The van der Waals surface area contributed by atoms with Crippen LogP contribution in [0.4, 0.5) is 11.5 Å². The zero-order chi connectivity index (χ0) is 18.4. The molecule has 0 aliphatic rings. The third kappa shape index (κ3) is 4.54. The summed E-state index contributed by atoms with van der Waals surface area (Å²) < 4.78 is 9.56. The normalized spacial score (nSPS) is 10.0. The monoisotopic (exact) mass is 343 g/mol. The summed E-state index contributed by atoms with van der Waals surface area (Å²) in [5.41, 5.74) is 7.11. The van der Waals surface area contributed by atoms with E-state index >= 15 is 0 Å². The fourth-order valence-electron chi connectivity index (χ4n) is 1.99. The molecule has 1 amide bonds. The molecule has 0 fully saturated rings. The number of aromatic nitrogens is 1. The number of nitrogens with one attached hydrogen (secondary N) is 1. The summed E-state index contributed by atoms with van der Waals surface area (Å²) >= 11 is 0. The third-order valence-electron chi connectivity index (χ3n) is 3.33. The van der Waals surface area contributed by atoms with Crippen LogP contribution in [0.25, 0.3) is 0 Å². The Balaban J connectivity index is 2.00. The highest BCUT2D eigenvalue weighted by atomic mass is 16.5. The first-order valence-electron chi connectivity index (χ1n) is 7.28. The SMILES string of the molecule is COC(=O)c1ccc(C)c(NC(=O)COC(=O)c2cccnc2N)c1. The summed E-state index contributed by atoms with van der Waals surface area (Å²) in [5.74, 6) is -1.80. The van der Waals surface area contributed by atoms with Gasteiger partial charge in [-0.3, -0.25) is 4.79 Å². The van der Waals surface area contributed by atoms with E-state index in [4.69, 9.17) is 10.5 Å². The smallest absolute Gasteiger partial charge is 0.342 e. The summed E-state index contributed by atoms with van der Waals surface area (Å²) in [4.78, 5) is 39.2. The summed E-state index contributed by atoms with van der Waals surface area (Å²) in [7, 11) is 1.27. The van der Waals surface area contributed by atoms with Gasteiger partial charge in [-0.2, -0.15) is 0 Å². The van der Waals surface area contributed by atoms with Crippen molar-refractivity contribution in [2.75, 3.05) is 24.8 Å². The Morgan fingerprint density at radius 1 is 1.20 bits per heavy atom. The lowest BCUT2D eigenvalue weighted by molar-refractivity contribution is -0.119. The number of anilines is 2. The number of amides is 1. The Labute approximate surface area is 143 Å². The summed E-state index contributed by atoms with van der Waals surface area (Å²) in [5, 5.41) is 2.58. The maximum atomic E-state index is 12.0. The van der Waals surface area contributed by atoms with Crippen LogP contribution in [0.1, 0.15) is 26.3 Å². The number of rotatable bonds is 5. The first kappa shape index (κ1) is 17.9. The summed E-state index contributed by atoms with van der Waals surface area (Å²) in [6.07, 6.45) is 1.44. The number of aryl methyl sites for hydroxylation is 1. The first-order valence-corrected chi connectivity index (χ1v) is 7.28. The molecule has 3 N–H and O–H groups in total. The van der Waals surface area contributed by atoms with Gasteiger partial charge in [-0.1, -0.05) is 6.07 Å². The molecule has 0 unspecified atom stereocenters. The average Bonchev–Trinajstić information content (AvgIpc) is 2.61. The molecule has 0 spiro atoms. The van der Waals surface area contributed by atoms with Crippen LogP contribution in [0.3, 0.4) is 0 Å². The van der Waals surface area contributed by atoms with Crippen LogP contribution in [-0.4, -0.2) is 36.5 Å². The Bertz CT molecular complexity index is 820. The van der Waals surface area contributed by atoms with Crippen molar-refractivity contribution >= 4 is 29.4 Å². The van der Waals surface area contributed by atoms with Crippen LogP contribution >= 0.6 is 0 Å². The minimum atomic E-state index is -0.749. The number of ether oxygens (including phenoxy) is 2. The predicted molar refractivity (Wildman–Crippen MR) is 90.1 cm³/mol. The number of hydrogen-bond acceptors (Lipinski definition) is 7. The molecule has 0 atom stereocenters. The van der Waals surface area contributed by atoms with Gasteiger partial charge in [-0.25, -0.2) is 14.6 Å². The van der Waals surface area contributed by atoms with Gasteiger partial charge in [0.1, 0.15) is 11.4 Å². The van der Waals surface area contributed by atoms with Gasteiger partial charge < -0.3 is 20.5 Å². The van der Waals surface area contributed by atoms with Crippen LogP contribution in [0.5, 0.6) is 0 Å². The van der Waals surface area contributed by atoms with Crippen molar-refractivity contribution in [3.05, 3.63) is 53.2 Å². The number of carbonyl (C=O) groups excluding carboxylic acids is 3. The fraction of sp³-hybridized carbons (Fsp3) is 0.176. The van der Waals surface area contributed by atoms with Gasteiger partial charge in [0.25, 0.3) is 5.91 Å². The molecule has 0 aliphatic heterocycles. The van der Waals surface area contributed by atoms with Crippen LogP contribution in [0, 0.1) is 6.92 Å². The van der Waals surface area contributed by atoms with Crippen molar-refractivity contribution < 1.29 is 23.9 Å². The Hall–Kier alpha value is -3.42. The molecule has 0 bridgehead atoms. The lowest BCUT2D eigenvalue weighted by atomic mass is 10.1. The van der Waals surface area contributed by atoms with Gasteiger partial charge in [0.2, 0.25) is 0 Å². The Kier molecular flexibility index (Phi) is 5.67. The van der Waals surface area contributed by atoms with Gasteiger partial charge in [0.15, 0.2) is 6.61 Å². The van der Waals surface area contributed by atoms with Gasteiger partial charge in [-0.05, 0) is 36.8 Å². The molecule has 2 aromatic rings. The van der Waals surface area contributed by atoms with E-state index in [1.54, 1.807) is 19.1 Å². The minimum absolute atomic E-state index is 0.0227. The Morgan fingerprint density at radius 3 is 2.64 bits per heavy atom. The van der Waals surface area contributed by atoms with E-state index in [-0.39, 0.29) is 11.4 Å². The van der Waals surface area contributed by atoms with Crippen LogP contribution in [0.2, 0.25) is 0 Å². The lowest BCUT2D eigenvalue weighted by Crippen LogP contribution is -2.22. The number of methoxy groups -OCH3 is 1. The summed E-state index contributed by atoms with van der Waals surface area (Å²) in [6, 6.07) is 7.73. The quantitative estimate of drug-likeness (QED) is 0.790. The van der Waals surface area contributed by atoms with E-state index in [2.05, 4.69) is 15.0 Å². The van der Waals surface area contributed by atoms with E-state index in [1.165, 1.54) is 31.5 Å². The molecule has 1 heterocycles. The molecular formula is C17H17N3O5. The first-order chi connectivity index (χ1) is 11.9. The number of nitrogen functional groups attached to an aromatic ring is 1. The number of carbonyl (C=O) groups is 3. The number of nitrogens with zero attached hydrogens (tertiary/aromatic N) is 1. The molecular weight excluding hydrogens is 326 g/mol. The number of pyridine rings is 1. The largest absolute Gasteiger partial charge is 0.465 e. The zero-order valence-corrected chi connectivity index (χ0v) is 13.7. The van der Waals surface area contributed by atoms with E-state index < -0.39 is 24.5 Å². The van der Waals surface area contributed by atoms with Crippen LogP contribution in [0.15, 0.2) is 36.5 Å². The van der Waals surface area contributed by atoms with Gasteiger partial charge in [0.05, 0.1) is 12.7 Å².